The van der Waals surface area contributed by atoms with E-state index in [0.717, 1.165) is 6.07 Å². The fraction of sp³-hybridized carbons (Fsp3) is 0.375. The van der Waals surface area contributed by atoms with Crippen molar-refractivity contribution in [2.24, 2.45) is 0 Å². The Morgan fingerprint density at radius 1 is 1.21 bits per heavy atom. The van der Waals surface area contributed by atoms with Gasteiger partial charge in [0.15, 0.2) is 0 Å². The standard InChI is InChI=1S/C16H18ClF3N4/c1-10-22-14(17)8-15(23-10)21-9-13(24(2)3)11-5-4-6-12(7-11)16(18,19)20/h4-8,13H,9H2,1-3H3,(H,21,22,23). The number of alkyl halides is 3. The van der Waals surface area contributed by atoms with Crippen molar-refractivity contribution in [1.29, 1.82) is 0 Å². The van der Waals surface area contributed by atoms with Gasteiger partial charge >= 0.3 is 6.18 Å². The molecule has 8 heteroatoms. The van der Waals surface area contributed by atoms with Crippen LogP contribution in [0.15, 0.2) is 30.3 Å². The zero-order valence-electron chi connectivity index (χ0n) is 13.5. The van der Waals surface area contributed by atoms with Crippen LogP contribution in [0, 0.1) is 6.92 Å². The predicted octanol–water partition coefficient (Wildman–Crippen LogP) is 4.17. The van der Waals surface area contributed by atoms with E-state index in [2.05, 4.69) is 15.3 Å². The smallest absolute Gasteiger partial charge is 0.368 e. The molecule has 1 aromatic carbocycles. The van der Waals surface area contributed by atoms with Gasteiger partial charge in [-0.2, -0.15) is 13.2 Å². The number of hydrogen-bond donors (Lipinski definition) is 1. The van der Waals surface area contributed by atoms with Gasteiger partial charge in [0.2, 0.25) is 0 Å². The summed E-state index contributed by atoms with van der Waals surface area (Å²) < 4.78 is 38.7. The van der Waals surface area contributed by atoms with Crippen LogP contribution < -0.4 is 5.32 Å². The average molecular weight is 359 g/mol. The quantitative estimate of drug-likeness (QED) is 0.814. The first kappa shape index (κ1) is 18.5. The molecule has 0 bridgehead atoms. The molecular formula is C16H18ClF3N4. The van der Waals surface area contributed by atoms with E-state index in [4.69, 9.17) is 11.6 Å². The van der Waals surface area contributed by atoms with Gasteiger partial charge in [0.05, 0.1) is 11.6 Å². The minimum atomic E-state index is -4.36. The summed E-state index contributed by atoms with van der Waals surface area (Å²) in [6.07, 6.45) is -4.36. The molecule has 4 nitrogen and oxygen atoms in total. The number of hydrogen-bond acceptors (Lipinski definition) is 4. The largest absolute Gasteiger partial charge is 0.416 e. The number of nitrogens with zero attached hydrogens (tertiary/aromatic N) is 3. The molecule has 1 heterocycles. The van der Waals surface area contributed by atoms with E-state index in [1.54, 1.807) is 19.1 Å². The highest BCUT2D eigenvalue weighted by Crippen LogP contribution is 2.31. The van der Waals surface area contributed by atoms with Crippen LogP contribution in [0.4, 0.5) is 19.0 Å². The van der Waals surface area contributed by atoms with E-state index >= 15 is 0 Å². The van der Waals surface area contributed by atoms with E-state index in [1.807, 2.05) is 19.0 Å². The molecule has 0 aliphatic heterocycles. The van der Waals surface area contributed by atoms with Crippen LogP contribution >= 0.6 is 11.6 Å². The Labute approximate surface area is 143 Å². The van der Waals surface area contributed by atoms with Crippen LogP contribution in [-0.2, 0) is 6.18 Å². The first-order valence-corrected chi connectivity index (χ1v) is 7.63. The second-order valence-corrected chi connectivity index (χ2v) is 5.99. The van der Waals surface area contributed by atoms with Crippen molar-refractivity contribution in [3.05, 3.63) is 52.4 Å². The number of aromatic nitrogens is 2. The van der Waals surface area contributed by atoms with Gasteiger partial charge in [0.25, 0.3) is 0 Å². The van der Waals surface area contributed by atoms with Crippen molar-refractivity contribution in [3.63, 3.8) is 0 Å². The minimum Gasteiger partial charge on any atom is -0.368 e. The normalized spacial score (nSPS) is 13.2. The lowest BCUT2D eigenvalue weighted by Gasteiger charge is -2.26. The molecule has 1 unspecified atom stereocenters. The van der Waals surface area contributed by atoms with E-state index < -0.39 is 11.7 Å². The summed E-state index contributed by atoms with van der Waals surface area (Å²) in [5.41, 5.74) is -0.0908. The van der Waals surface area contributed by atoms with Gasteiger partial charge in [0, 0.05) is 12.6 Å². The van der Waals surface area contributed by atoms with E-state index in [9.17, 15) is 13.2 Å². The van der Waals surface area contributed by atoms with E-state index in [1.165, 1.54) is 12.1 Å². The van der Waals surface area contributed by atoms with Crippen molar-refractivity contribution in [1.82, 2.24) is 14.9 Å². The zero-order chi connectivity index (χ0) is 17.9. The van der Waals surface area contributed by atoms with Crippen LogP contribution in [0.1, 0.15) is 23.0 Å². The number of aryl methyl sites for hydroxylation is 1. The topological polar surface area (TPSA) is 41.1 Å². The van der Waals surface area contributed by atoms with Crippen LogP contribution in [0.2, 0.25) is 5.15 Å². The molecule has 0 amide bonds. The summed E-state index contributed by atoms with van der Waals surface area (Å²) >= 11 is 5.89. The molecule has 0 saturated heterocycles. The van der Waals surface area contributed by atoms with Crippen LogP contribution in [-0.4, -0.2) is 35.5 Å². The number of benzene rings is 1. The average Bonchev–Trinajstić information content (AvgIpc) is 2.45. The maximum Gasteiger partial charge on any atom is 0.416 e. The van der Waals surface area contributed by atoms with E-state index in [-0.39, 0.29) is 6.04 Å². The summed E-state index contributed by atoms with van der Waals surface area (Å²) in [6, 6.07) is 6.65. The Kier molecular flexibility index (Phi) is 5.66. The van der Waals surface area contributed by atoms with Crippen LogP contribution in [0.3, 0.4) is 0 Å². The summed E-state index contributed by atoms with van der Waals surface area (Å²) in [6.45, 7) is 2.09. The molecule has 1 atom stereocenters. The Morgan fingerprint density at radius 2 is 1.92 bits per heavy atom. The van der Waals surface area contributed by atoms with Crippen molar-refractivity contribution >= 4 is 17.4 Å². The third kappa shape index (κ3) is 4.82. The second kappa shape index (κ2) is 7.36. The summed E-state index contributed by atoms with van der Waals surface area (Å²) in [7, 11) is 3.62. The molecule has 2 aromatic rings. The molecule has 1 aromatic heterocycles. The minimum absolute atomic E-state index is 0.263. The fourth-order valence-corrected chi connectivity index (χ4v) is 2.57. The SMILES string of the molecule is Cc1nc(Cl)cc(NCC(c2cccc(C(F)(F)F)c2)N(C)C)n1. The molecule has 0 radical (unpaired) electrons. The molecular weight excluding hydrogens is 341 g/mol. The van der Waals surface area contributed by atoms with Gasteiger partial charge in [-0.05, 0) is 38.7 Å². The van der Waals surface area contributed by atoms with Gasteiger partial charge in [0.1, 0.15) is 16.8 Å². The first-order valence-electron chi connectivity index (χ1n) is 7.25. The van der Waals surface area contributed by atoms with Crippen molar-refractivity contribution in [2.75, 3.05) is 26.0 Å². The maximum atomic E-state index is 12.9. The highest BCUT2D eigenvalue weighted by molar-refractivity contribution is 6.29. The lowest BCUT2D eigenvalue weighted by Crippen LogP contribution is -2.27. The summed E-state index contributed by atoms with van der Waals surface area (Å²) in [5, 5.41) is 3.42. The third-order valence-corrected chi connectivity index (χ3v) is 3.70. The number of anilines is 1. The van der Waals surface area contributed by atoms with Gasteiger partial charge in [-0.15, -0.1) is 0 Å². The summed E-state index contributed by atoms with van der Waals surface area (Å²) in [4.78, 5) is 10.0. The number of likely N-dealkylation sites (N-methyl/N-ethyl adjacent to an activating group) is 1. The third-order valence-electron chi connectivity index (χ3n) is 3.51. The summed E-state index contributed by atoms with van der Waals surface area (Å²) in [5.74, 6) is 1.05. The number of nitrogens with one attached hydrogen (secondary N) is 1. The molecule has 0 fully saturated rings. The molecule has 130 valence electrons. The highest BCUT2D eigenvalue weighted by Gasteiger charge is 2.31. The van der Waals surface area contributed by atoms with Crippen LogP contribution in [0.5, 0.6) is 0 Å². The molecule has 0 saturated carbocycles. The second-order valence-electron chi connectivity index (χ2n) is 5.61. The van der Waals surface area contributed by atoms with E-state index in [0.29, 0.717) is 28.9 Å². The molecule has 0 aliphatic rings. The van der Waals surface area contributed by atoms with Gasteiger partial charge < -0.3 is 10.2 Å². The van der Waals surface area contributed by atoms with Crippen molar-refractivity contribution < 1.29 is 13.2 Å². The first-order chi connectivity index (χ1) is 11.2. The lowest BCUT2D eigenvalue weighted by atomic mass is 10.0. The Morgan fingerprint density at radius 3 is 2.50 bits per heavy atom. The Balaban J connectivity index is 2.21. The molecule has 0 spiro atoms. The zero-order valence-corrected chi connectivity index (χ0v) is 14.3. The predicted molar refractivity (Wildman–Crippen MR) is 88.1 cm³/mol. The number of rotatable bonds is 5. The fourth-order valence-electron chi connectivity index (χ4n) is 2.34. The Bertz CT molecular complexity index is 684. The molecule has 24 heavy (non-hydrogen) atoms. The number of halogens is 4. The van der Waals surface area contributed by atoms with Gasteiger partial charge in [-0.3, -0.25) is 0 Å². The Hall–Kier alpha value is -1.86. The van der Waals surface area contributed by atoms with Crippen LogP contribution in [0.25, 0.3) is 0 Å². The van der Waals surface area contributed by atoms with Crippen molar-refractivity contribution in [3.8, 4) is 0 Å². The lowest BCUT2D eigenvalue weighted by molar-refractivity contribution is -0.137. The molecule has 0 aliphatic carbocycles. The molecule has 2 rings (SSSR count). The highest BCUT2D eigenvalue weighted by atomic mass is 35.5. The van der Waals surface area contributed by atoms with Gasteiger partial charge in [-0.1, -0.05) is 23.7 Å². The maximum absolute atomic E-state index is 12.9. The molecule has 1 N–H and O–H groups in total. The monoisotopic (exact) mass is 358 g/mol. The van der Waals surface area contributed by atoms with Gasteiger partial charge in [-0.25, -0.2) is 9.97 Å². The van der Waals surface area contributed by atoms with Crippen molar-refractivity contribution in [2.45, 2.75) is 19.1 Å².